The molecule has 0 aliphatic rings. The second-order valence-corrected chi connectivity index (χ2v) is 25.6. The van der Waals surface area contributed by atoms with Crippen LogP contribution in [0.4, 0.5) is 0 Å². The lowest BCUT2D eigenvalue weighted by Gasteiger charge is -2.18. The summed E-state index contributed by atoms with van der Waals surface area (Å²) >= 11 is 0. The molecule has 0 aliphatic carbocycles. The predicted molar refractivity (Wildman–Crippen MR) is 353 cm³/mol. The van der Waals surface area contributed by atoms with Crippen molar-refractivity contribution in [1.29, 1.82) is 0 Å². The molecular weight excluding hydrogens is 997 g/mol. The van der Waals surface area contributed by atoms with Gasteiger partial charge in [0.2, 0.25) is 0 Å². The van der Waals surface area contributed by atoms with Crippen LogP contribution in [-0.2, 0) is 28.6 Å². The Morgan fingerprint density at radius 3 is 0.617 bits per heavy atom. The van der Waals surface area contributed by atoms with E-state index in [1.807, 2.05) is 0 Å². The van der Waals surface area contributed by atoms with Crippen LogP contribution in [0.25, 0.3) is 0 Å². The zero-order chi connectivity index (χ0) is 58.5. The van der Waals surface area contributed by atoms with Crippen LogP contribution in [-0.4, -0.2) is 37.2 Å². The minimum Gasteiger partial charge on any atom is -0.462 e. The Morgan fingerprint density at radius 1 is 0.235 bits per heavy atom. The van der Waals surface area contributed by atoms with E-state index in [1.165, 1.54) is 334 Å². The topological polar surface area (TPSA) is 78.9 Å². The molecular formula is C75H144O6. The van der Waals surface area contributed by atoms with E-state index in [0.29, 0.717) is 19.3 Å². The molecule has 0 spiro atoms. The number of unbranched alkanes of at least 4 members (excludes halogenated alkanes) is 57. The van der Waals surface area contributed by atoms with Crippen molar-refractivity contribution >= 4 is 17.9 Å². The standard InChI is InChI=1S/C75H144O6/c1-4-7-10-13-16-19-22-25-28-31-33-35-36-37-38-39-40-41-43-44-47-50-53-56-59-62-65-68-74(77)80-71-72(70-79-73(76)67-64-61-58-55-52-49-46-30-27-24-21-18-15-12-9-6-3)81-75(78)69-66-63-60-57-54-51-48-45-42-34-32-29-26-23-20-17-14-11-8-5-2/h31,33,72H,4-30,32,34-71H2,1-3H3/b33-31-. The number of esters is 3. The van der Waals surface area contributed by atoms with E-state index in [4.69, 9.17) is 14.2 Å². The van der Waals surface area contributed by atoms with Gasteiger partial charge in [0.15, 0.2) is 6.10 Å². The quantitative estimate of drug-likeness (QED) is 0.0261. The van der Waals surface area contributed by atoms with Gasteiger partial charge in [0.05, 0.1) is 0 Å². The van der Waals surface area contributed by atoms with E-state index >= 15 is 0 Å². The van der Waals surface area contributed by atoms with Crippen LogP contribution in [0.2, 0.25) is 0 Å². The highest BCUT2D eigenvalue weighted by Gasteiger charge is 2.20. The van der Waals surface area contributed by atoms with Gasteiger partial charge in [-0.25, -0.2) is 0 Å². The summed E-state index contributed by atoms with van der Waals surface area (Å²) < 4.78 is 17.0. The van der Waals surface area contributed by atoms with Gasteiger partial charge in [-0.2, -0.15) is 0 Å². The monoisotopic (exact) mass is 1140 g/mol. The molecule has 1 atom stereocenters. The molecule has 6 nitrogen and oxygen atoms in total. The van der Waals surface area contributed by atoms with Crippen LogP contribution in [0.5, 0.6) is 0 Å². The maximum atomic E-state index is 13.0. The van der Waals surface area contributed by atoms with Gasteiger partial charge in [-0.15, -0.1) is 0 Å². The van der Waals surface area contributed by atoms with E-state index in [0.717, 1.165) is 57.8 Å². The highest BCUT2D eigenvalue weighted by Crippen LogP contribution is 2.19. The van der Waals surface area contributed by atoms with Crippen LogP contribution < -0.4 is 0 Å². The first kappa shape index (κ1) is 79.2. The lowest BCUT2D eigenvalue weighted by molar-refractivity contribution is -0.167. The molecule has 0 rings (SSSR count). The Morgan fingerprint density at radius 2 is 0.407 bits per heavy atom. The molecule has 6 heteroatoms. The van der Waals surface area contributed by atoms with Crippen molar-refractivity contribution in [3.05, 3.63) is 12.2 Å². The fraction of sp³-hybridized carbons (Fsp3) is 0.933. The number of carbonyl (C=O) groups is 3. The van der Waals surface area contributed by atoms with Gasteiger partial charge in [-0.1, -0.05) is 380 Å². The molecule has 0 radical (unpaired) electrons. The van der Waals surface area contributed by atoms with Crippen molar-refractivity contribution in [2.45, 2.75) is 438 Å². The number of hydrogen-bond acceptors (Lipinski definition) is 6. The number of ether oxygens (including phenoxy) is 3. The number of carbonyl (C=O) groups excluding carboxylic acids is 3. The fourth-order valence-electron chi connectivity index (χ4n) is 11.7. The summed E-state index contributed by atoms with van der Waals surface area (Å²) in [6.45, 7) is 6.74. The number of rotatable bonds is 70. The largest absolute Gasteiger partial charge is 0.462 e. The Hall–Kier alpha value is -1.85. The maximum Gasteiger partial charge on any atom is 0.306 e. The number of hydrogen-bond donors (Lipinski definition) is 0. The van der Waals surface area contributed by atoms with Crippen molar-refractivity contribution in [3.8, 4) is 0 Å². The molecule has 0 saturated heterocycles. The summed E-state index contributed by atoms with van der Waals surface area (Å²) in [5.41, 5.74) is 0. The molecule has 0 N–H and O–H groups in total. The minimum atomic E-state index is -0.766. The average molecular weight is 1140 g/mol. The lowest BCUT2D eigenvalue weighted by atomic mass is 10.0. The van der Waals surface area contributed by atoms with E-state index in [-0.39, 0.29) is 31.1 Å². The fourth-order valence-corrected chi connectivity index (χ4v) is 11.7. The van der Waals surface area contributed by atoms with Crippen molar-refractivity contribution in [2.75, 3.05) is 13.2 Å². The Labute approximate surface area is 507 Å². The van der Waals surface area contributed by atoms with Gasteiger partial charge in [-0.3, -0.25) is 14.4 Å². The summed E-state index contributed by atoms with van der Waals surface area (Å²) in [5, 5.41) is 0. The maximum absolute atomic E-state index is 13.0. The highest BCUT2D eigenvalue weighted by atomic mass is 16.6. The normalized spacial score (nSPS) is 12.0. The average Bonchev–Trinajstić information content (AvgIpc) is 3.47. The summed E-state index contributed by atoms with van der Waals surface area (Å²) in [5.74, 6) is -0.821. The molecule has 0 aromatic rings. The molecule has 480 valence electrons. The molecule has 0 saturated carbocycles. The third kappa shape index (κ3) is 68.8. The molecule has 0 aromatic heterocycles. The van der Waals surface area contributed by atoms with Gasteiger partial charge in [0.25, 0.3) is 0 Å². The molecule has 0 heterocycles. The first-order valence-corrected chi connectivity index (χ1v) is 37.2. The molecule has 0 amide bonds. The van der Waals surface area contributed by atoms with Gasteiger partial charge in [-0.05, 0) is 44.9 Å². The molecule has 81 heavy (non-hydrogen) atoms. The van der Waals surface area contributed by atoms with Crippen molar-refractivity contribution < 1.29 is 28.6 Å². The summed E-state index contributed by atoms with van der Waals surface area (Å²) in [6.07, 6.45) is 85.4. The Bertz CT molecular complexity index is 1260. The Balaban J connectivity index is 4.22. The zero-order valence-electron chi connectivity index (χ0n) is 55.4. The van der Waals surface area contributed by atoms with E-state index in [1.54, 1.807) is 0 Å². The second kappa shape index (κ2) is 70.6. The third-order valence-electron chi connectivity index (χ3n) is 17.3. The summed E-state index contributed by atoms with van der Waals surface area (Å²) in [6, 6.07) is 0. The van der Waals surface area contributed by atoms with E-state index in [9.17, 15) is 14.4 Å². The van der Waals surface area contributed by atoms with Crippen LogP contribution in [0.15, 0.2) is 12.2 Å². The smallest absolute Gasteiger partial charge is 0.306 e. The van der Waals surface area contributed by atoms with Gasteiger partial charge < -0.3 is 14.2 Å². The van der Waals surface area contributed by atoms with Crippen LogP contribution >= 0.6 is 0 Å². The lowest BCUT2D eigenvalue weighted by Crippen LogP contribution is -2.30. The summed E-state index contributed by atoms with van der Waals surface area (Å²) in [4.78, 5) is 38.5. The van der Waals surface area contributed by atoms with Crippen LogP contribution in [0, 0.1) is 0 Å². The minimum absolute atomic E-state index is 0.0618. The SMILES string of the molecule is CCCCCCCCCC/C=C\CCCCCCCCCCCCCCCCCC(=O)OCC(COC(=O)CCCCCCCCCCCCCCCCCC)OC(=O)CCCCCCCCCCCCCCCCCCCCCC. The van der Waals surface area contributed by atoms with Crippen LogP contribution in [0.1, 0.15) is 432 Å². The van der Waals surface area contributed by atoms with Gasteiger partial charge >= 0.3 is 17.9 Å². The molecule has 1 unspecified atom stereocenters. The van der Waals surface area contributed by atoms with Gasteiger partial charge in [0, 0.05) is 19.3 Å². The van der Waals surface area contributed by atoms with Crippen molar-refractivity contribution in [3.63, 3.8) is 0 Å². The van der Waals surface area contributed by atoms with Crippen molar-refractivity contribution in [2.24, 2.45) is 0 Å². The first-order valence-electron chi connectivity index (χ1n) is 37.2. The molecule has 0 fully saturated rings. The van der Waals surface area contributed by atoms with Crippen LogP contribution in [0.3, 0.4) is 0 Å². The highest BCUT2D eigenvalue weighted by molar-refractivity contribution is 5.71. The van der Waals surface area contributed by atoms with Crippen molar-refractivity contribution in [1.82, 2.24) is 0 Å². The number of allylic oxidation sites excluding steroid dienone is 2. The summed E-state index contributed by atoms with van der Waals surface area (Å²) in [7, 11) is 0. The molecule has 0 aliphatic heterocycles. The van der Waals surface area contributed by atoms with E-state index in [2.05, 4.69) is 32.9 Å². The molecule has 0 bridgehead atoms. The first-order chi connectivity index (χ1) is 40.0. The van der Waals surface area contributed by atoms with E-state index < -0.39 is 6.10 Å². The molecule has 0 aromatic carbocycles. The zero-order valence-corrected chi connectivity index (χ0v) is 55.4. The third-order valence-corrected chi connectivity index (χ3v) is 17.3. The second-order valence-electron chi connectivity index (χ2n) is 25.6. The Kier molecular flexibility index (Phi) is 69.0. The predicted octanol–water partition coefficient (Wildman–Crippen LogP) is 25.6. The van der Waals surface area contributed by atoms with Gasteiger partial charge in [0.1, 0.15) is 13.2 Å².